The Morgan fingerprint density at radius 1 is 0.903 bits per heavy atom. The van der Waals surface area contributed by atoms with Gasteiger partial charge in [-0.15, -0.1) is 10.2 Å². The lowest BCUT2D eigenvalue weighted by Crippen LogP contribution is -2.35. The van der Waals surface area contributed by atoms with Crippen LogP contribution in [0, 0.1) is 0 Å². The largest absolute Gasteiger partial charge is 0.344 e. The van der Waals surface area contributed by atoms with Gasteiger partial charge < -0.3 is 9.88 Å². The number of carbonyl (C=O) groups excluding carboxylic acids is 1. The van der Waals surface area contributed by atoms with Gasteiger partial charge in [0.05, 0.1) is 11.3 Å². The third-order valence-electron chi connectivity index (χ3n) is 4.98. The van der Waals surface area contributed by atoms with Crippen molar-refractivity contribution in [3.8, 4) is 11.4 Å². The van der Waals surface area contributed by atoms with Crippen molar-refractivity contribution in [2.75, 3.05) is 0 Å². The van der Waals surface area contributed by atoms with Gasteiger partial charge in [0.25, 0.3) is 0 Å². The Hall–Kier alpha value is -3.45. The molecule has 0 saturated carbocycles. The van der Waals surface area contributed by atoms with Gasteiger partial charge in [0.15, 0.2) is 11.0 Å². The van der Waals surface area contributed by atoms with Crippen molar-refractivity contribution in [2.45, 2.75) is 23.4 Å². The Bertz CT molecular complexity index is 1090. The van der Waals surface area contributed by atoms with Crippen LogP contribution in [-0.4, -0.2) is 30.9 Å². The molecule has 31 heavy (non-hydrogen) atoms. The van der Waals surface area contributed by atoms with Crippen LogP contribution in [-0.2, 0) is 11.8 Å². The molecule has 0 bridgehead atoms. The van der Waals surface area contributed by atoms with Crippen LogP contribution in [0.4, 0.5) is 0 Å². The Labute approximate surface area is 185 Å². The van der Waals surface area contributed by atoms with Gasteiger partial charge in [-0.25, -0.2) is 0 Å². The summed E-state index contributed by atoms with van der Waals surface area (Å²) in [6, 6.07) is 23.5. The molecule has 1 amide bonds. The topological polar surface area (TPSA) is 72.7 Å². The molecular weight excluding hydrogens is 406 g/mol. The first kappa shape index (κ1) is 20.8. The normalized spacial score (nSPS) is 12.0. The second kappa shape index (κ2) is 9.57. The van der Waals surface area contributed by atoms with Crippen molar-refractivity contribution in [3.05, 3.63) is 96.3 Å². The van der Waals surface area contributed by atoms with Gasteiger partial charge in [-0.1, -0.05) is 72.4 Å². The SMILES string of the molecule is CC(Sc1nnc(-c2ccncc2)n1C)C(=O)NC(c1ccccc1)c1ccccc1. The molecule has 2 aromatic carbocycles. The first-order valence-corrected chi connectivity index (χ1v) is 10.9. The van der Waals surface area contributed by atoms with E-state index in [4.69, 9.17) is 0 Å². The number of rotatable bonds is 7. The molecule has 0 aliphatic carbocycles. The fraction of sp³-hybridized carbons (Fsp3) is 0.167. The lowest BCUT2D eigenvalue weighted by Gasteiger charge is -2.22. The summed E-state index contributed by atoms with van der Waals surface area (Å²) in [5, 5.41) is 12.1. The number of nitrogens with zero attached hydrogens (tertiary/aromatic N) is 4. The zero-order valence-corrected chi connectivity index (χ0v) is 18.2. The van der Waals surface area contributed by atoms with Gasteiger partial charge in [-0.2, -0.15) is 0 Å². The number of carbonyl (C=O) groups is 1. The van der Waals surface area contributed by atoms with Gasteiger partial charge in [-0.3, -0.25) is 9.78 Å². The van der Waals surface area contributed by atoms with Crippen molar-refractivity contribution < 1.29 is 4.79 Å². The lowest BCUT2D eigenvalue weighted by atomic mass is 9.98. The zero-order chi connectivity index (χ0) is 21.6. The quantitative estimate of drug-likeness (QED) is 0.444. The molecule has 0 saturated heterocycles. The van der Waals surface area contributed by atoms with E-state index >= 15 is 0 Å². The molecule has 156 valence electrons. The maximum absolute atomic E-state index is 13.1. The summed E-state index contributed by atoms with van der Waals surface area (Å²) in [4.78, 5) is 17.1. The highest BCUT2D eigenvalue weighted by molar-refractivity contribution is 8.00. The maximum Gasteiger partial charge on any atom is 0.234 e. The van der Waals surface area contributed by atoms with E-state index in [9.17, 15) is 4.79 Å². The fourth-order valence-corrected chi connectivity index (χ4v) is 4.12. The van der Waals surface area contributed by atoms with E-state index < -0.39 is 0 Å². The Balaban J connectivity index is 1.51. The maximum atomic E-state index is 13.1. The highest BCUT2D eigenvalue weighted by atomic mass is 32.2. The summed E-state index contributed by atoms with van der Waals surface area (Å²) in [5.41, 5.74) is 3.01. The molecule has 1 N–H and O–H groups in total. The summed E-state index contributed by atoms with van der Waals surface area (Å²) < 4.78 is 1.90. The number of hydrogen-bond acceptors (Lipinski definition) is 5. The van der Waals surface area contributed by atoms with Crippen LogP contribution in [0.1, 0.15) is 24.1 Å². The summed E-state index contributed by atoms with van der Waals surface area (Å²) in [6.07, 6.45) is 3.44. The third kappa shape index (κ3) is 4.83. The second-order valence-electron chi connectivity index (χ2n) is 7.12. The average molecular weight is 430 g/mol. The molecule has 4 aromatic rings. The second-order valence-corrected chi connectivity index (χ2v) is 8.43. The average Bonchev–Trinajstić information content (AvgIpc) is 3.19. The van der Waals surface area contributed by atoms with Crippen LogP contribution >= 0.6 is 11.8 Å². The molecule has 0 fully saturated rings. The van der Waals surface area contributed by atoms with E-state index in [1.165, 1.54) is 11.8 Å². The van der Waals surface area contributed by atoms with E-state index in [2.05, 4.69) is 20.5 Å². The number of amides is 1. The van der Waals surface area contributed by atoms with Crippen LogP contribution < -0.4 is 5.32 Å². The molecule has 2 aromatic heterocycles. The van der Waals surface area contributed by atoms with E-state index in [1.54, 1.807) is 12.4 Å². The van der Waals surface area contributed by atoms with E-state index in [-0.39, 0.29) is 17.2 Å². The predicted octanol–water partition coefficient (Wildman–Crippen LogP) is 4.26. The first-order valence-electron chi connectivity index (χ1n) is 10.00. The van der Waals surface area contributed by atoms with Crippen LogP contribution in [0.2, 0.25) is 0 Å². The molecule has 7 heteroatoms. The minimum atomic E-state index is -0.344. The van der Waals surface area contributed by atoms with Gasteiger partial charge in [0.2, 0.25) is 5.91 Å². The lowest BCUT2D eigenvalue weighted by molar-refractivity contribution is -0.120. The van der Waals surface area contributed by atoms with Crippen LogP contribution in [0.5, 0.6) is 0 Å². The highest BCUT2D eigenvalue weighted by Gasteiger charge is 2.23. The number of aromatic nitrogens is 4. The number of hydrogen-bond donors (Lipinski definition) is 1. The Morgan fingerprint density at radius 2 is 1.48 bits per heavy atom. The van der Waals surface area contributed by atoms with Crippen molar-refractivity contribution in [1.29, 1.82) is 0 Å². The van der Waals surface area contributed by atoms with E-state index in [1.807, 2.05) is 91.3 Å². The molecule has 2 heterocycles. The zero-order valence-electron chi connectivity index (χ0n) is 17.3. The number of pyridine rings is 1. The van der Waals surface area contributed by atoms with Gasteiger partial charge in [-0.05, 0) is 30.2 Å². The van der Waals surface area contributed by atoms with Crippen molar-refractivity contribution in [2.24, 2.45) is 7.05 Å². The van der Waals surface area contributed by atoms with Crippen molar-refractivity contribution >= 4 is 17.7 Å². The Morgan fingerprint density at radius 3 is 2.06 bits per heavy atom. The minimum absolute atomic E-state index is 0.0591. The summed E-state index contributed by atoms with van der Waals surface area (Å²) in [7, 11) is 1.90. The standard InChI is InChI=1S/C24H23N5OS/c1-17(31-24-28-27-22(29(24)2)20-13-15-25-16-14-20)23(30)26-21(18-9-5-3-6-10-18)19-11-7-4-8-12-19/h3-17,21H,1-2H3,(H,26,30). The number of benzene rings is 2. The summed E-state index contributed by atoms with van der Waals surface area (Å²) in [5.74, 6) is 0.681. The van der Waals surface area contributed by atoms with Crippen molar-refractivity contribution in [1.82, 2.24) is 25.1 Å². The summed E-state index contributed by atoms with van der Waals surface area (Å²) in [6.45, 7) is 1.88. The molecule has 0 aliphatic rings. The molecule has 1 atom stereocenters. The van der Waals surface area contributed by atoms with Gasteiger partial charge in [0, 0.05) is 25.0 Å². The fourth-order valence-electron chi connectivity index (χ4n) is 3.29. The third-order valence-corrected chi connectivity index (χ3v) is 6.11. The van der Waals surface area contributed by atoms with Crippen molar-refractivity contribution in [3.63, 3.8) is 0 Å². The predicted molar refractivity (Wildman–Crippen MR) is 122 cm³/mol. The molecule has 1 unspecified atom stereocenters. The number of thioether (sulfide) groups is 1. The number of nitrogens with one attached hydrogen (secondary N) is 1. The monoisotopic (exact) mass is 429 g/mol. The summed E-state index contributed by atoms with van der Waals surface area (Å²) >= 11 is 1.39. The molecule has 4 rings (SSSR count). The van der Waals surface area contributed by atoms with Crippen LogP contribution in [0.15, 0.2) is 90.3 Å². The van der Waals surface area contributed by atoms with E-state index in [0.29, 0.717) is 5.16 Å². The molecule has 0 aliphatic heterocycles. The molecule has 0 spiro atoms. The van der Waals surface area contributed by atoms with E-state index in [0.717, 1.165) is 22.5 Å². The highest BCUT2D eigenvalue weighted by Crippen LogP contribution is 2.27. The Kier molecular flexibility index (Phi) is 6.43. The molecule has 0 radical (unpaired) electrons. The van der Waals surface area contributed by atoms with Crippen LogP contribution in [0.25, 0.3) is 11.4 Å². The minimum Gasteiger partial charge on any atom is -0.344 e. The molecule has 6 nitrogen and oxygen atoms in total. The smallest absolute Gasteiger partial charge is 0.234 e. The van der Waals surface area contributed by atoms with Gasteiger partial charge in [0.1, 0.15) is 0 Å². The van der Waals surface area contributed by atoms with Gasteiger partial charge >= 0.3 is 0 Å². The van der Waals surface area contributed by atoms with Crippen LogP contribution in [0.3, 0.4) is 0 Å². The molecular formula is C24H23N5OS. The first-order chi connectivity index (χ1) is 15.1.